The molecule has 0 fully saturated rings. The van der Waals surface area contributed by atoms with Gasteiger partial charge in [0.2, 0.25) is 0 Å². The Bertz CT molecular complexity index is 603. The third-order valence-electron chi connectivity index (χ3n) is 3.16. The van der Waals surface area contributed by atoms with Crippen molar-refractivity contribution in [3.05, 3.63) is 78.4 Å². The largest absolute Gasteiger partial charge is 0.748 e. The minimum absolute atomic E-state index is 0. The second-order valence-corrected chi connectivity index (χ2v) is 5.05. The fraction of sp³-hybridized carbons (Fsp3) is 0.158. The quantitative estimate of drug-likeness (QED) is 0.482. The Hall–Kier alpha value is -1.76. The van der Waals surface area contributed by atoms with Gasteiger partial charge in [-0.3, -0.25) is 0 Å². The predicted octanol–water partition coefficient (Wildman–Crippen LogP) is 4.85. The van der Waals surface area contributed by atoms with Crippen LogP contribution in [0.4, 0.5) is 5.69 Å². The van der Waals surface area contributed by atoms with Crippen molar-refractivity contribution in [3.63, 3.8) is 0 Å². The second kappa shape index (κ2) is 8.51. The van der Waals surface area contributed by atoms with Gasteiger partial charge in [0, 0.05) is 31.2 Å². The molecule has 21 heavy (non-hydrogen) atoms. The predicted molar refractivity (Wildman–Crippen MR) is 88.6 cm³/mol. The molecular weight excluding hydrogens is 298 g/mol. The molecule has 0 aliphatic carbocycles. The Balaban J connectivity index is 0.000000313. The molecule has 0 amide bonds. The van der Waals surface area contributed by atoms with E-state index in [1.165, 1.54) is 22.4 Å². The molecule has 0 radical (unpaired) electrons. The molecule has 0 unspecified atom stereocenters. The molecule has 0 spiro atoms. The summed E-state index contributed by atoms with van der Waals surface area (Å²) >= 11 is 0. The van der Waals surface area contributed by atoms with Gasteiger partial charge in [-0.25, -0.2) is 0 Å². The first kappa shape index (κ1) is 17.3. The van der Waals surface area contributed by atoms with Crippen molar-refractivity contribution in [1.29, 1.82) is 0 Å². The molecule has 3 aromatic carbocycles. The normalized spacial score (nSPS) is 9.29. The van der Waals surface area contributed by atoms with Crippen LogP contribution in [0, 0.1) is 6.92 Å². The van der Waals surface area contributed by atoms with E-state index in [0.717, 1.165) is 0 Å². The van der Waals surface area contributed by atoms with Gasteiger partial charge in [-0.15, -0.1) is 35.9 Å². The Morgan fingerprint density at radius 1 is 0.905 bits per heavy atom. The van der Waals surface area contributed by atoms with Gasteiger partial charge in [0.15, 0.2) is 0 Å². The molecule has 0 aromatic heterocycles. The third-order valence-corrected chi connectivity index (χ3v) is 3.16. The molecule has 0 saturated heterocycles. The van der Waals surface area contributed by atoms with E-state index in [1.54, 1.807) is 0 Å². The van der Waals surface area contributed by atoms with Crippen LogP contribution in [0.25, 0.3) is 11.1 Å². The summed E-state index contributed by atoms with van der Waals surface area (Å²) in [5.74, 6) is 0. The SMILES string of the molecule is Cc1cccc(-[c-]2cccc2N(C)C)c1.[Fe].[cH-]1[cH-][cH-][cH-][cH-]1. The standard InChI is InChI=1S/C14H16N.C5H5.Fe/c1-11-6-4-7-12(10-11)13-8-5-9-14(13)15(2)3;1-2-4-5-3-1;/h4-10H,1-3H3;1-5H;/q-1;-5;. The summed E-state index contributed by atoms with van der Waals surface area (Å²) in [6, 6.07) is 25.0. The number of anilines is 1. The van der Waals surface area contributed by atoms with Crippen molar-refractivity contribution in [2.24, 2.45) is 0 Å². The Morgan fingerprint density at radius 3 is 2.05 bits per heavy atom. The van der Waals surface area contributed by atoms with Crippen LogP contribution in [-0.4, -0.2) is 14.1 Å². The van der Waals surface area contributed by atoms with Crippen molar-refractivity contribution >= 4 is 5.69 Å². The van der Waals surface area contributed by atoms with E-state index in [9.17, 15) is 0 Å². The molecule has 3 aromatic rings. The molecular formula is C19H21FeN-6. The van der Waals surface area contributed by atoms with E-state index in [1.807, 2.05) is 30.3 Å². The first-order valence-electron chi connectivity index (χ1n) is 6.85. The van der Waals surface area contributed by atoms with Crippen LogP contribution in [0.1, 0.15) is 5.56 Å². The fourth-order valence-corrected chi connectivity index (χ4v) is 2.18. The van der Waals surface area contributed by atoms with Crippen LogP contribution in [0.5, 0.6) is 0 Å². The molecule has 0 aliphatic heterocycles. The van der Waals surface area contributed by atoms with E-state index in [0.29, 0.717) is 0 Å². The molecule has 0 aliphatic rings. The summed E-state index contributed by atoms with van der Waals surface area (Å²) in [6.45, 7) is 2.13. The van der Waals surface area contributed by atoms with Crippen molar-refractivity contribution in [2.75, 3.05) is 19.0 Å². The van der Waals surface area contributed by atoms with Gasteiger partial charge in [-0.1, -0.05) is 23.3 Å². The Morgan fingerprint density at radius 2 is 1.52 bits per heavy atom. The van der Waals surface area contributed by atoms with Gasteiger partial charge in [0.05, 0.1) is 0 Å². The van der Waals surface area contributed by atoms with Crippen molar-refractivity contribution in [3.8, 4) is 11.1 Å². The topological polar surface area (TPSA) is 3.24 Å². The zero-order valence-electron chi connectivity index (χ0n) is 12.7. The van der Waals surface area contributed by atoms with Crippen LogP contribution in [0.15, 0.2) is 72.8 Å². The summed E-state index contributed by atoms with van der Waals surface area (Å²) in [4.78, 5) is 2.15. The van der Waals surface area contributed by atoms with E-state index in [4.69, 9.17) is 0 Å². The van der Waals surface area contributed by atoms with Crippen LogP contribution in [0.3, 0.4) is 0 Å². The molecule has 1 nitrogen and oxygen atoms in total. The summed E-state index contributed by atoms with van der Waals surface area (Å²) in [6.07, 6.45) is 0. The number of benzene rings is 1. The smallest absolute Gasteiger partial charge is 0.00488 e. The number of hydrogen-bond acceptors (Lipinski definition) is 1. The van der Waals surface area contributed by atoms with Crippen molar-refractivity contribution < 1.29 is 17.1 Å². The van der Waals surface area contributed by atoms with E-state index >= 15 is 0 Å². The fourth-order valence-electron chi connectivity index (χ4n) is 2.18. The van der Waals surface area contributed by atoms with Crippen LogP contribution in [-0.2, 0) is 17.1 Å². The van der Waals surface area contributed by atoms with Gasteiger partial charge in [-0.05, 0) is 12.6 Å². The number of rotatable bonds is 2. The maximum atomic E-state index is 2.22. The third kappa shape index (κ3) is 4.93. The maximum Gasteiger partial charge on any atom is 0.00488 e. The van der Waals surface area contributed by atoms with Gasteiger partial charge in [-0.2, -0.15) is 0 Å². The first-order chi connectivity index (χ1) is 9.68. The van der Waals surface area contributed by atoms with Gasteiger partial charge < -0.3 is 35.2 Å². The minimum atomic E-state index is 0. The molecule has 3 rings (SSSR count). The average Bonchev–Trinajstić information content (AvgIpc) is 3.13. The Labute approximate surface area is 138 Å². The van der Waals surface area contributed by atoms with Gasteiger partial charge in [0.1, 0.15) is 0 Å². The molecule has 0 atom stereocenters. The van der Waals surface area contributed by atoms with Crippen molar-refractivity contribution in [2.45, 2.75) is 6.92 Å². The second-order valence-electron chi connectivity index (χ2n) is 5.05. The maximum absolute atomic E-state index is 2.22. The number of nitrogens with zero attached hydrogens (tertiary/aromatic N) is 1. The van der Waals surface area contributed by atoms with Crippen LogP contribution < -0.4 is 4.90 Å². The molecule has 116 valence electrons. The zero-order valence-corrected chi connectivity index (χ0v) is 13.8. The first-order valence-corrected chi connectivity index (χ1v) is 6.85. The van der Waals surface area contributed by atoms with Crippen LogP contribution >= 0.6 is 0 Å². The van der Waals surface area contributed by atoms with Crippen LogP contribution in [0.2, 0.25) is 0 Å². The monoisotopic (exact) mass is 319 g/mol. The molecule has 0 saturated carbocycles. The van der Waals surface area contributed by atoms with E-state index in [2.05, 4.69) is 68.4 Å². The summed E-state index contributed by atoms with van der Waals surface area (Å²) in [5.41, 5.74) is 5.19. The average molecular weight is 319 g/mol. The summed E-state index contributed by atoms with van der Waals surface area (Å²) < 4.78 is 0. The summed E-state index contributed by atoms with van der Waals surface area (Å²) in [7, 11) is 4.16. The summed E-state index contributed by atoms with van der Waals surface area (Å²) in [5, 5.41) is 0. The molecule has 2 heteroatoms. The molecule has 0 heterocycles. The number of aryl methyl sites for hydroxylation is 1. The molecule has 0 bridgehead atoms. The van der Waals surface area contributed by atoms with Crippen molar-refractivity contribution in [1.82, 2.24) is 0 Å². The van der Waals surface area contributed by atoms with Gasteiger partial charge >= 0.3 is 0 Å². The van der Waals surface area contributed by atoms with Gasteiger partial charge in [0.25, 0.3) is 0 Å². The van der Waals surface area contributed by atoms with E-state index in [-0.39, 0.29) is 17.1 Å². The Kier molecular flexibility index (Phi) is 7.01. The molecule has 0 N–H and O–H groups in total. The van der Waals surface area contributed by atoms with E-state index < -0.39 is 0 Å². The minimum Gasteiger partial charge on any atom is -0.748 e. The number of hydrogen-bond donors (Lipinski definition) is 0. The zero-order chi connectivity index (χ0) is 14.4.